The van der Waals surface area contributed by atoms with Crippen LogP contribution in [-0.2, 0) is 6.42 Å². The summed E-state index contributed by atoms with van der Waals surface area (Å²) in [5.74, 6) is 0.734. The van der Waals surface area contributed by atoms with Gasteiger partial charge in [0.25, 0.3) is 5.91 Å². The predicted molar refractivity (Wildman–Crippen MR) is 131 cm³/mol. The first-order valence-corrected chi connectivity index (χ1v) is 11.5. The number of amides is 1. The Balaban J connectivity index is 1.55. The molecule has 7 nitrogen and oxygen atoms in total. The molecule has 4 aromatic rings. The highest BCUT2D eigenvalue weighted by molar-refractivity contribution is 5.97. The molecule has 0 unspecified atom stereocenters. The number of ether oxygens (including phenoxy) is 3. The van der Waals surface area contributed by atoms with Gasteiger partial charge in [0.15, 0.2) is 11.5 Å². The Kier molecular flexibility index (Phi) is 6.33. The lowest BCUT2D eigenvalue weighted by Crippen LogP contribution is -2.44. The summed E-state index contributed by atoms with van der Waals surface area (Å²) in [5.41, 5.74) is 1.46. The Morgan fingerprint density at radius 1 is 1.03 bits per heavy atom. The number of benzene rings is 3. The summed E-state index contributed by atoms with van der Waals surface area (Å²) in [6.45, 7) is 0.434. The first-order valence-electron chi connectivity index (χ1n) is 11.5. The molecule has 1 aliphatic heterocycles. The maximum atomic E-state index is 13.7. The summed E-state index contributed by atoms with van der Waals surface area (Å²) in [7, 11) is 3.11. The van der Waals surface area contributed by atoms with E-state index in [-0.39, 0.29) is 18.0 Å². The number of carbonyl (C=O) groups excluding carboxylic acids is 1. The molecule has 0 spiro atoms. The van der Waals surface area contributed by atoms with E-state index in [9.17, 15) is 14.0 Å². The normalized spacial score (nSPS) is 14.9. The lowest BCUT2D eigenvalue weighted by Gasteiger charge is -2.37. The van der Waals surface area contributed by atoms with E-state index in [1.807, 2.05) is 18.2 Å². The van der Waals surface area contributed by atoms with Crippen molar-refractivity contribution in [3.8, 4) is 17.2 Å². The van der Waals surface area contributed by atoms with Crippen LogP contribution in [0.5, 0.6) is 17.2 Å². The van der Waals surface area contributed by atoms with Gasteiger partial charge in [-0.2, -0.15) is 0 Å². The van der Waals surface area contributed by atoms with Crippen molar-refractivity contribution in [3.05, 3.63) is 99.7 Å². The molecule has 0 bridgehead atoms. The Bertz CT molecular complexity index is 1480. The lowest BCUT2D eigenvalue weighted by molar-refractivity contribution is 0.0585. The van der Waals surface area contributed by atoms with Gasteiger partial charge in [0.1, 0.15) is 29.3 Å². The smallest absolute Gasteiger partial charge is 0.349 e. The van der Waals surface area contributed by atoms with E-state index >= 15 is 0 Å². The van der Waals surface area contributed by atoms with Crippen molar-refractivity contribution >= 4 is 16.9 Å². The largest absolute Gasteiger partial charge is 0.493 e. The van der Waals surface area contributed by atoms with Crippen LogP contribution in [0, 0.1) is 5.82 Å². The average Bonchev–Trinajstić information content (AvgIpc) is 2.90. The van der Waals surface area contributed by atoms with Crippen LogP contribution in [-0.4, -0.2) is 38.2 Å². The van der Waals surface area contributed by atoms with Gasteiger partial charge < -0.3 is 23.5 Å². The Labute approximate surface area is 206 Å². The van der Waals surface area contributed by atoms with Crippen molar-refractivity contribution < 1.29 is 27.8 Å². The molecule has 1 aliphatic rings. The fourth-order valence-electron chi connectivity index (χ4n) is 4.52. The van der Waals surface area contributed by atoms with E-state index in [0.29, 0.717) is 41.2 Å². The molecule has 8 heteroatoms. The minimum Gasteiger partial charge on any atom is -0.493 e. The number of nitrogens with zero attached hydrogens (tertiary/aromatic N) is 1. The fraction of sp³-hybridized carbons (Fsp3) is 0.214. The third-order valence-electron chi connectivity index (χ3n) is 6.36. The quantitative estimate of drug-likeness (QED) is 0.363. The van der Waals surface area contributed by atoms with Gasteiger partial charge in [-0.1, -0.05) is 18.2 Å². The predicted octanol–water partition coefficient (Wildman–Crippen LogP) is 4.77. The minimum absolute atomic E-state index is 0.0515. The number of hydrogen-bond donors (Lipinski definition) is 0. The van der Waals surface area contributed by atoms with Crippen molar-refractivity contribution in [2.45, 2.75) is 12.5 Å². The van der Waals surface area contributed by atoms with E-state index < -0.39 is 17.6 Å². The summed E-state index contributed by atoms with van der Waals surface area (Å²) in [4.78, 5) is 28.1. The third-order valence-corrected chi connectivity index (χ3v) is 6.36. The number of halogens is 1. The number of fused-ring (bicyclic) bond motifs is 2. The van der Waals surface area contributed by atoms with Crippen LogP contribution in [0.2, 0.25) is 0 Å². The number of methoxy groups -OCH3 is 2. The molecule has 0 fully saturated rings. The molecule has 3 aromatic carbocycles. The minimum atomic E-state index is -0.699. The molecule has 0 saturated carbocycles. The third kappa shape index (κ3) is 4.37. The second kappa shape index (κ2) is 9.73. The highest BCUT2D eigenvalue weighted by atomic mass is 19.1. The molecule has 184 valence electrons. The first-order chi connectivity index (χ1) is 17.5. The van der Waals surface area contributed by atoms with Crippen molar-refractivity contribution in [3.63, 3.8) is 0 Å². The fourth-order valence-corrected chi connectivity index (χ4v) is 4.52. The summed E-state index contributed by atoms with van der Waals surface area (Å²) >= 11 is 0. The molecular weight excluding hydrogens is 465 g/mol. The van der Waals surface area contributed by atoms with Gasteiger partial charge in [-0.05, 0) is 66.1 Å². The van der Waals surface area contributed by atoms with Crippen LogP contribution in [0.4, 0.5) is 4.39 Å². The van der Waals surface area contributed by atoms with Crippen molar-refractivity contribution in [1.29, 1.82) is 0 Å². The topological polar surface area (TPSA) is 78.2 Å². The number of para-hydroxylation sites is 1. The van der Waals surface area contributed by atoms with Crippen molar-refractivity contribution in [1.82, 2.24) is 4.90 Å². The molecule has 1 atom stereocenters. The van der Waals surface area contributed by atoms with Gasteiger partial charge in [-0.15, -0.1) is 0 Å². The van der Waals surface area contributed by atoms with Gasteiger partial charge in [-0.25, -0.2) is 9.18 Å². The molecule has 0 radical (unpaired) electrons. The van der Waals surface area contributed by atoms with Crippen LogP contribution in [0.15, 0.2) is 75.9 Å². The highest BCUT2D eigenvalue weighted by Gasteiger charge is 2.34. The summed E-state index contributed by atoms with van der Waals surface area (Å²) in [6, 6.07) is 17.4. The zero-order valence-electron chi connectivity index (χ0n) is 19.8. The van der Waals surface area contributed by atoms with Gasteiger partial charge in [0.2, 0.25) is 0 Å². The first kappa shape index (κ1) is 23.4. The van der Waals surface area contributed by atoms with E-state index in [4.69, 9.17) is 18.6 Å². The number of hydrogen-bond acceptors (Lipinski definition) is 6. The standard InChI is InChI=1S/C28H24FNO6/c1-33-25-14-17-11-12-30(27(31)22-13-18-5-3-4-6-24(18)36-28(22)32)23(21(17)15-26(25)34-2)16-35-20-9-7-19(29)8-10-20/h3-10,13-15,23H,11-12,16H2,1-2H3/t23-/m0/s1. The maximum Gasteiger partial charge on any atom is 0.349 e. The molecule has 1 amide bonds. The zero-order chi connectivity index (χ0) is 25.2. The van der Waals surface area contributed by atoms with Crippen molar-refractivity contribution in [2.75, 3.05) is 27.4 Å². The van der Waals surface area contributed by atoms with Crippen LogP contribution in [0.3, 0.4) is 0 Å². The molecule has 5 rings (SSSR count). The molecule has 0 saturated heterocycles. The Morgan fingerprint density at radius 2 is 1.75 bits per heavy atom. The average molecular weight is 489 g/mol. The highest BCUT2D eigenvalue weighted by Crippen LogP contribution is 2.39. The van der Waals surface area contributed by atoms with E-state index in [0.717, 1.165) is 11.1 Å². The van der Waals surface area contributed by atoms with E-state index in [1.165, 1.54) is 24.3 Å². The second-order valence-corrected chi connectivity index (χ2v) is 8.42. The maximum absolute atomic E-state index is 13.7. The zero-order valence-corrected chi connectivity index (χ0v) is 19.8. The lowest BCUT2D eigenvalue weighted by atomic mass is 9.91. The van der Waals surface area contributed by atoms with Crippen LogP contribution in [0.1, 0.15) is 27.5 Å². The summed E-state index contributed by atoms with van der Waals surface area (Å²) in [6.07, 6.45) is 0.549. The molecule has 36 heavy (non-hydrogen) atoms. The summed E-state index contributed by atoms with van der Waals surface area (Å²) < 4.78 is 35.7. The monoisotopic (exact) mass is 489 g/mol. The van der Waals surface area contributed by atoms with Gasteiger partial charge in [0.05, 0.1) is 20.3 Å². The van der Waals surface area contributed by atoms with Gasteiger partial charge in [-0.3, -0.25) is 4.79 Å². The molecule has 2 heterocycles. The number of carbonyl (C=O) groups is 1. The SMILES string of the molecule is COc1cc2c(cc1OC)[C@H](COc1ccc(F)cc1)N(C(=O)c1cc3ccccc3oc1=O)CC2. The van der Waals surface area contributed by atoms with E-state index in [1.54, 1.807) is 43.4 Å². The van der Waals surface area contributed by atoms with Crippen LogP contribution >= 0.6 is 0 Å². The molecular formula is C28H24FNO6. The Hall–Kier alpha value is -4.33. The van der Waals surface area contributed by atoms with Gasteiger partial charge in [0, 0.05) is 11.9 Å². The van der Waals surface area contributed by atoms with Gasteiger partial charge >= 0.3 is 5.63 Å². The van der Waals surface area contributed by atoms with E-state index in [2.05, 4.69) is 0 Å². The Morgan fingerprint density at radius 3 is 2.50 bits per heavy atom. The number of rotatable bonds is 6. The van der Waals surface area contributed by atoms with Crippen molar-refractivity contribution in [2.24, 2.45) is 0 Å². The molecule has 0 aliphatic carbocycles. The summed E-state index contributed by atoms with van der Waals surface area (Å²) in [5, 5.41) is 0.656. The molecule has 0 N–H and O–H groups in total. The molecule has 1 aromatic heterocycles. The van der Waals surface area contributed by atoms with Crippen LogP contribution < -0.4 is 19.8 Å². The second-order valence-electron chi connectivity index (χ2n) is 8.42. The van der Waals surface area contributed by atoms with Crippen LogP contribution in [0.25, 0.3) is 11.0 Å².